The van der Waals surface area contributed by atoms with Gasteiger partial charge in [0.25, 0.3) is 0 Å². The molecule has 192 valence electrons. The Morgan fingerprint density at radius 2 is 1.16 bits per heavy atom. The van der Waals surface area contributed by atoms with Crippen LogP contribution >= 0.6 is 0 Å². The number of hydrogen-bond donors (Lipinski definition) is 0. The molecule has 4 aliphatic carbocycles. The largest absolute Gasteiger partial charge is 0.0587 e. The van der Waals surface area contributed by atoms with E-state index in [1.807, 2.05) is 0 Å². The van der Waals surface area contributed by atoms with Crippen LogP contribution in [0.3, 0.4) is 0 Å². The molecular formula is C38H40. The summed E-state index contributed by atoms with van der Waals surface area (Å²) in [5.74, 6) is 0.894. The minimum absolute atomic E-state index is 0.411. The average Bonchev–Trinajstić information content (AvgIpc) is 3.17. The molecule has 4 aliphatic rings. The molecule has 38 heavy (non-hydrogen) atoms. The van der Waals surface area contributed by atoms with Crippen LogP contribution in [0.1, 0.15) is 84.0 Å². The monoisotopic (exact) mass is 496 g/mol. The number of rotatable bonds is 2. The second-order valence-corrected chi connectivity index (χ2v) is 12.4. The Bertz CT molecular complexity index is 2020. The fraction of sp³-hybridized carbons (Fsp3) is 0.316. The fourth-order valence-corrected chi connectivity index (χ4v) is 6.96. The van der Waals surface area contributed by atoms with E-state index in [0.717, 1.165) is 0 Å². The van der Waals surface area contributed by atoms with Crippen LogP contribution in [0.5, 0.6) is 0 Å². The molecule has 0 unspecified atom stereocenters. The van der Waals surface area contributed by atoms with Crippen molar-refractivity contribution in [3.63, 3.8) is 0 Å². The molecule has 0 heteroatoms. The summed E-state index contributed by atoms with van der Waals surface area (Å²) < 4.78 is 0. The molecule has 0 N–H and O–H groups in total. The molecule has 0 nitrogen and oxygen atoms in total. The lowest BCUT2D eigenvalue weighted by Gasteiger charge is -2.09. The number of aryl methyl sites for hydroxylation is 5. The van der Waals surface area contributed by atoms with Gasteiger partial charge >= 0.3 is 0 Å². The SMILES string of the molecule is Cc1cc2ccc(C(C)C)/c(=c3/c(C)c4cc(C(C)C)ccc5cc(C)c(C)c3c5-4)c3c(C)cc(c1C)c2=3. The van der Waals surface area contributed by atoms with E-state index < -0.39 is 0 Å². The second kappa shape index (κ2) is 8.57. The van der Waals surface area contributed by atoms with Gasteiger partial charge in [0.15, 0.2) is 0 Å². The quantitative estimate of drug-likeness (QED) is 0.224. The molecule has 0 spiro atoms. The van der Waals surface area contributed by atoms with Gasteiger partial charge in [-0.15, -0.1) is 0 Å². The van der Waals surface area contributed by atoms with E-state index in [1.54, 1.807) is 0 Å². The smallest absolute Gasteiger partial charge is 0.00267 e. The van der Waals surface area contributed by atoms with Crippen LogP contribution in [0.15, 0.2) is 48.5 Å². The first-order chi connectivity index (χ1) is 18.0. The number of hydrogen-bond acceptors (Lipinski definition) is 0. The standard InChI is InChI=1S/C38H40/c1-19(2)27-11-12-28-16-22(6)25(9)34-35(26(10)32(18-27)37(28)34)38-30(20(3)4)14-13-29-15-21(5)24(8)31-17-23(7)33(38)36(29)31/h11-20H,1-10H3/b38-35+. The topological polar surface area (TPSA) is 0 Å². The van der Waals surface area contributed by atoms with Crippen LogP contribution in [0.2, 0.25) is 0 Å². The van der Waals surface area contributed by atoms with Gasteiger partial charge in [-0.2, -0.15) is 0 Å². The van der Waals surface area contributed by atoms with Crippen molar-refractivity contribution in [3.8, 4) is 11.1 Å². The summed E-state index contributed by atoms with van der Waals surface area (Å²) in [4.78, 5) is 0. The molecule has 0 saturated heterocycles. The zero-order valence-corrected chi connectivity index (χ0v) is 24.8. The molecule has 0 fully saturated rings. The summed E-state index contributed by atoms with van der Waals surface area (Å²) in [5, 5.41) is 11.3. The average molecular weight is 497 g/mol. The van der Waals surface area contributed by atoms with Gasteiger partial charge in [0, 0.05) is 0 Å². The molecule has 6 rings (SSSR count). The fourth-order valence-electron chi connectivity index (χ4n) is 6.96. The first kappa shape index (κ1) is 24.9. The van der Waals surface area contributed by atoms with Gasteiger partial charge < -0.3 is 0 Å². The Balaban J connectivity index is 2.11. The van der Waals surface area contributed by atoms with E-state index in [4.69, 9.17) is 0 Å². The van der Waals surface area contributed by atoms with Gasteiger partial charge in [-0.3, -0.25) is 0 Å². The van der Waals surface area contributed by atoms with Crippen molar-refractivity contribution in [1.29, 1.82) is 0 Å². The van der Waals surface area contributed by atoms with E-state index >= 15 is 0 Å². The van der Waals surface area contributed by atoms with Crippen molar-refractivity contribution in [2.75, 3.05) is 0 Å². The molecule has 0 aromatic heterocycles. The summed E-state index contributed by atoms with van der Waals surface area (Å²) in [5.41, 5.74) is 14.0. The van der Waals surface area contributed by atoms with Crippen molar-refractivity contribution in [1.82, 2.24) is 0 Å². The molecule has 2 aromatic rings. The lowest BCUT2D eigenvalue weighted by molar-refractivity contribution is 0.859. The van der Waals surface area contributed by atoms with Crippen molar-refractivity contribution in [2.45, 2.75) is 81.1 Å². The molecular weight excluding hydrogens is 456 g/mol. The van der Waals surface area contributed by atoms with Gasteiger partial charge in [-0.1, -0.05) is 76.2 Å². The van der Waals surface area contributed by atoms with Gasteiger partial charge in [-0.25, -0.2) is 0 Å². The Kier molecular flexibility index (Phi) is 5.62. The molecule has 0 amide bonds. The molecule has 0 heterocycles. The van der Waals surface area contributed by atoms with Crippen molar-refractivity contribution in [3.05, 3.63) is 114 Å². The minimum Gasteiger partial charge on any atom is -0.0587 e. The van der Waals surface area contributed by atoms with Crippen molar-refractivity contribution < 1.29 is 0 Å². The highest BCUT2D eigenvalue weighted by molar-refractivity contribution is 6.03. The minimum atomic E-state index is 0.411. The highest BCUT2D eigenvalue weighted by Crippen LogP contribution is 2.43. The summed E-state index contributed by atoms with van der Waals surface area (Å²) in [6.07, 6.45) is 0. The van der Waals surface area contributed by atoms with Crippen molar-refractivity contribution in [2.24, 2.45) is 0 Å². The third kappa shape index (κ3) is 3.35. The molecule has 0 bridgehead atoms. The van der Waals surface area contributed by atoms with Gasteiger partial charge in [0.05, 0.1) is 0 Å². The van der Waals surface area contributed by atoms with Crippen LogP contribution in [0, 0.1) is 62.4 Å². The van der Waals surface area contributed by atoms with Crippen LogP contribution in [0.4, 0.5) is 0 Å². The first-order valence-corrected chi connectivity index (χ1v) is 14.3. The van der Waals surface area contributed by atoms with Crippen LogP contribution in [0.25, 0.3) is 32.7 Å². The first-order valence-electron chi connectivity index (χ1n) is 14.3. The summed E-state index contributed by atoms with van der Waals surface area (Å²) in [6, 6.07) is 19.2. The van der Waals surface area contributed by atoms with Crippen LogP contribution in [-0.2, 0) is 0 Å². The normalized spacial score (nSPS) is 13.4. The lowest BCUT2D eigenvalue weighted by Crippen LogP contribution is -1.92. The predicted molar refractivity (Wildman–Crippen MR) is 165 cm³/mol. The molecule has 2 aromatic carbocycles. The summed E-state index contributed by atoms with van der Waals surface area (Å²) in [6.45, 7) is 23.2. The van der Waals surface area contributed by atoms with Crippen LogP contribution in [-0.4, -0.2) is 0 Å². The molecule has 0 atom stereocenters. The second-order valence-electron chi connectivity index (χ2n) is 12.4. The summed E-state index contributed by atoms with van der Waals surface area (Å²) in [7, 11) is 0. The maximum atomic E-state index is 2.48. The predicted octanol–water partition coefficient (Wildman–Crippen LogP) is 10.6. The van der Waals surface area contributed by atoms with E-state index in [-0.39, 0.29) is 0 Å². The highest BCUT2D eigenvalue weighted by atomic mass is 14.3. The lowest BCUT2D eigenvalue weighted by atomic mass is 9.95. The summed E-state index contributed by atoms with van der Waals surface area (Å²) >= 11 is 0. The van der Waals surface area contributed by atoms with Gasteiger partial charge in [-0.05, 0) is 151 Å². The van der Waals surface area contributed by atoms with E-state index in [2.05, 4.69) is 118 Å². The Morgan fingerprint density at radius 1 is 0.500 bits per heavy atom. The van der Waals surface area contributed by atoms with Gasteiger partial charge in [0.2, 0.25) is 0 Å². The van der Waals surface area contributed by atoms with E-state index in [9.17, 15) is 0 Å². The van der Waals surface area contributed by atoms with Crippen molar-refractivity contribution >= 4 is 21.5 Å². The Labute approximate surface area is 227 Å². The third-order valence-electron chi connectivity index (χ3n) is 9.39. The number of benzene rings is 2. The third-order valence-corrected chi connectivity index (χ3v) is 9.39. The Hall–Kier alpha value is -3.38. The molecule has 0 radical (unpaired) electrons. The maximum Gasteiger partial charge on any atom is -0.00267 e. The zero-order valence-electron chi connectivity index (χ0n) is 24.8. The highest BCUT2D eigenvalue weighted by Gasteiger charge is 2.22. The zero-order chi connectivity index (χ0) is 27.2. The Morgan fingerprint density at radius 3 is 1.84 bits per heavy atom. The maximum absolute atomic E-state index is 2.48. The van der Waals surface area contributed by atoms with E-state index in [1.165, 1.54) is 98.1 Å². The van der Waals surface area contributed by atoms with Gasteiger partial charge in [0.1, 0.15) is 0 Å². The molecule has 0 aliphatic heterocycles. The van der Waals surface area contributed by atoms with Crippen LogP contribution < -0.4 is 0 Å². The molecule has 0 saturated carbocycles. The van der Waals surface area contributed by atoms with E-state index in [0.29, 0.717) is 11.8 Å².